The fourth-order valence-corrected chi connectivity index (χ4v) is 0.476. The molecule has 2 radical (unpaired) electrons. The van der Waals surface area contributed by atoms with E-state index < -0.39 is 5.97 Å². The summed E-state index contributed by atoms with van der Waals surface area (Å²) < 4.78 is 0. The molecule has 2 nitrogen and oxygen atoms in total. The van der Waals surface area contributed by atoms with E-state index in [4.69, 9.17) is 0 Å². The molecule has 0 aliphatic heterocycles. The van der Waals surface area contributed by atoms with E-state index in [-0.39, 0.29) is 26.2 Å². The molecular formula is C8H11BiO2+2. The number of hydrogen-bond acceptors (Lipinski definition) is 2. The van der Waals surface area contributed by atoms with Crippen LogP contribution in [0.2, 0.25) is 0 Å². The van der Waals surface area contributed by atoms with Gasteiger partial charge in [0.25, 0.3) is 0 Å². The van der Waals surface area contributed by atoms with Gasteiger partial charge >= 0.3 is 26.2 Å². The monoisotopic (exact) mass is 348 g/mol. The van der Waals surface area contributed by atoms with Gasteiger partial charge in [0, 0.05) is 0 Å². The van der Waals surface area contributed by atoms with Crippen LogP contribution in [0.25, 0.3) is 0 Å². The molecule has 0 atom stereocenters. The van der Waals surface area contributed by atoms with Crippen LogP contribution < -0.4 is 5.11 Å². The van der Waals surface area contributed by atoms with E-state index >= 15 is 0 Å². The van der Waals surface area contributed by atoms with Gasteiger partial charge in [0.2, 0.25) is 0 Å². The van der Waals surface area contributed by atoms with Gasteiger partial charge in [0.15, 0.2) is 0 Å². The molecule has 11 heavy (non-hydrogen) atoms. The first-order chi connectivity index (χ1) is 4.77. The minimum Gasteiger partial charge on any atom is -0.545 e. The minimum absolute atomic E-state index is 0. The van der Waals surface area contributed by atoms with Crippen molar-refractivity contribution in [1.82, 2.24) is 0 Å². The van der Waals surface area contributed by atoms with Crippen molar-refractivity contribution in [1.29, 1.82) is 0 Å². The van der Waals surface area contributed by atoms with Gasteiger partial charge in [-0.3, -0.25) is 0 Å². The van der Waals surface area contributed by atoms with Crippen LogP contribution in [0.5, 0.6) is 0 Å². The molecule has 0 aliphatic carbocycles. The van der Waals surface area contributed by atoms with Crippen LogP contribution in [0.3, 0.4) is 0 Å². The summed E-state index contributed by atoms with van der Waals surface area (Å²) in [5, 5.41) is 9.80. The molecule has 0 heterocycles. The van der Waals surface area contributed by atoms with Gasteiger partial charge < -0.3 is 9.90 Å². The van der Waals surface area contributed by atoms with Crippen molar-refractivity contribution in [2.24, 2.45) is 0 Å². The standard InChI is InChI=1S/C8H12O2.Bi/c1-2-3-4-5-6-7-8(9)10;/h4-7H,2-3H2,1H3,(H,9,10);/q;+3/p-1/b5-4+,7-6+;. The number of carboxylic acids is 1. The smallest absolute Gasteiger partial charge is 0.545 e. The van der Waals surface area contributed by atoms with Gasteiger partial charge in [-0.2, -0.15) is 0 Å². The number of carbonyl (C=O) groups is 1. The number of aliphatic carboxylic acids is 1. The minimum atomic E-state index is -1.15. The molecular weight excluding hydrogens is 337 g/mol. The molecule has 0 N–H and O–H groups in total. The maximum Gasteiger partial charge on any atom is 3.00 e. The Balaban J connectivity index is 0. The first-order valence-electron chi connectivity index (χ1n) is 3.31. The molecule has 0 saturated heterocycles. The summed E-state index contributed by atoms with van der Waals surface area (Å²) in [6, 6.07) is 0. The largest absolute Gasteiger partial charge is 3.00 e. The van der Waals surface area contributed by atoms with Gasteiger partial charge in [-0.25, -0.2) is 0 Å². The molecule has 0 fully saturated rings. The van der Waals surface area contributed by atoms with Crippen LogP contribution in [0.1, 0.15) is 19.8 Å². The molecule has 0 aromatic heterocycles. The third-order valence-electron chi connectivity index (χ3n) is 0.935. The van der Waals surface area contributed by atoms with Crippen molar-refractivity contribution in [2.45, 2.75) is 19.8 Å². The molecule has 0 amide bonds. The van der Waals surface area contributed by atoms with Gasteiger partial charge in [-0.1, -0.05) is 31.6 Å². The third-order valence-corrected chi connectivity index (χ3v) is 0.935. The Morgan fingerprint density at radius 2 is 2.09 bits per heavy atom. The van der Waals surface area contributed by atoms with Gasteiger partial charge in [-0.15, -0.1) is 0 Å². The van der Waals surface area contributed by atoms with Crippen LogP contribution in [0.4, 0.5) is 0 Å². The van der Waals surface area contributed by atoms with Gasteiger partial charge in [-0.05, 0) is 12.5 Å². The van der Waals surface area contributed by atoms with Gasteiger partial charge in [0.05, 0.1) is 5.97 Å². The van der Waals surface area contributed by atoms with Crippen molar-refractivity contribution in [2.75, 3.05) is 0 Å². The Morgan fingerprint density at radius 1 is 1.45 bits per heavy atom. The summed E-state index contributed by atoms with van der Waals surface area (Å²) in [7, 11) is 0. The van der Waals surface area contributed by atoms with Crippen LogP contribution in [-0.2, 0) is 4.79 Å². The maximum absolute atomic E-state index is 9.80. The van der Waals surface area contributed by atoms with Crippen molar-refractivity contribution in [3.8, 4) is 0 Å². The Hall–Kier alpha value is -0.167. The Labute approximate surface area is 86.1 Å². The molecule has 0 aromatic carbocycles. The Kier molecular flexibility index (Phi) is 12.0. The van der Waals surface area contributed by atoms with Crippen LogP contribution in [0, 0.1) is 0 Å². The number of allylic oxidation sites excluding steroid dienone is 3. The van der Waals surface area contributed by atoms with E-state index in [1.807, 2.05) is 6.08 Å². The number of carboxylic acid groups (broad SMARTS) is 1. The molecule has 0 aliphatic rings. The second-order valence-electron chi connectivity index (χ2n) is 1.89. The van der Waals surface area contributed by atoms with E-state index in [0.717, 1.165) is 18.9 Å². The molecule has 0 saturated carbocycles. The molecule has 0 aromatic rings. The summed E-state index contributed by atoms with van der Waals surface area (Å²) in [6.45, 7) is 2.06. The number of carbonyl (C=O) groups excluding carboxylic acids is 1. The van der Waals surface area contributed by atoms with E-state index in [2.05, 4.69) is 6.92 Å². The number of unbranched alkanes of at least 4 members (excludes halogenated alkanes) is 1. The molecule has 3 heteroatoms. The Morgan fingerprint density at radius 3 is 2.55 bits per heavy atom. The second-order valence-corrected chi connectivity index (χ2v) is 1.89. The summed E-state index contributed by atoms with van der Waals surface area (Å²) in [4.78, 5) is 9.80. The van der Waals surface area contributed by atoms with Crippen molar-refractivity contribution < 1.29 is 9.90 Å². The van der Waals surface area contributed by atoms with Gasteiger partial charge in [0.1, 0.15) is 0 Å². The SMILES string of the molecule is CCC/C=C/C=C/C(=O)[O-].[Bi+3]. The Bertz CT molecular complexity index is 150. The zero-order valence-electron chi connectivity index (χ0n) is 6.49. The topological polar surface area (TPSA) is 40.1 Å². The molecule has 0 spiro atoms. The van der Waals surface area contributed by atoms with E-state index in [1.54, 1.807) is 6.08 Å². The second kappa shape index (κ2) is 9.83. The van der Waals surface area contributed by atoms with Crippen LogP contribution in [-0.4, -0.2) is 32.2 Å². The maximum atomic E-state index is 9.80. The predicted octanol–water partition coefficient (Wildman–Crippen LogP) is 0.268. The summed E-state index contributed by atoms with van der Waals surface area (Å²) in [5.74, 6) is -1.15. The van der Waals surface area contributed by atoms with Crippen LogP contribution >= 0.6 is 0 Å². The third kappa shape index (κ3) is 12.9. The average molecular weight is 348 g/mol. The van der Waals surface area contributed by atoms with Crippen molar-refractivity contribution >= 4 is 32.2 Å². The number of rotatable bonds is 4. The first kappa shape index (κ1) is 13.4. The summed E-state index contributed by atoms with van der Waals surface area (Å²) >= 11 is 0. The van der Waals surface area contributed by atoms with Crippen LogP contribution in [0.15, 0.2) is 24.3 Å². The van der Waals surface area contributed by atoms with E-state index in [1.165, 1.54) is 6.08 Å². The summed E-state index contributed by atoms with van der Waals surface area (Å²) in [6.07, 6.45) is 8.16. The molecule has 58 valence electrons. The predicted molar refractivity (Wildman–Crippen MR) is 43.9 cm³/mol. The average Bonchev–Trinajstić information content (AvgIpc) is 1.87. The van der Waals surface area contributed by atoms with E-state index in [9.17, 15) is 9.90 Å². The first-order valence-corrected chi connectivity index (χ1v) is 3.31. The zero-order chi connectivity index (χ0) is 7.82. The fourth-order valence-electron chi connectivity index (χ4n) is 0.476. The number of hydrogen-bond donors (Lipinski definition) is 0. The van der Waals surface area contributed by atoms with Crippen molar-refractivity contribution in [3.63, 3.8) is 0 Å². The zero-order valence-corrected chi connectivity index (χ0v) is 9.96. The fraction of sp³-hybridized carbons (Fsp3) is 0.375. The van der Waals surface area contributed by atoms with E-state index in [0.29, 0.717) is 0 Å². The van der Waals surface area contributed by atoms with Crippen molar-refractivity contribution in [3.05, 3.63) is 24.3 Å². The summed E-state index contributed by atoms with van der Waals surface area (Å²) in [5.41, 5.74) is 0. The normalized spacial score (nSPS) is 10.3. The quantitative estimate of drug-likeness (QED) is 0.416. The molecule has 0 unspecified atom stereocenters. The molecule has 0 bridgehead atoms. The molecule has 0 rings (SSSR count).